The summed E-state index contributed by atoms with van der Waals surface area (Å²) in [6.07, 6.45) is 0. The first-order chi connectivity index (χ1) is 10.7. The van der Waals surface area contributed by atoms with Gasteiger partial charge in [-0.3, -0.25) is 4.90 Å². The Morgan fingerprint density at radius 3 is 2.59 bits per heavy atom. The quantitative estimate of drug-likeness (QED) is 0.828. The topological polar surface area (TPSA) is 41.6 Å². The maximum Gasteiger partial charge on any atom is 0.321 e. The first kappa shape index (κ1) is 15.9. The van der Waals surface area contributed by atoms with Crippen LogP contribution in [0.25, 0.3) is 0 Å². The Morgan fingerprint density at radius 1 is 1.14 bits per heavy atom. The molecule has 116 valence electrons. The Morgan fingerprint density at radius 2 is 1.91 bits per heavy atom. The molecule has 0 fully saturated rings. The zero-order valence-electron chi connectivity index (χ0n) is 13.1. The standard InChI is InChI=1S/C18H22N2O2/c1-3-20(16-9-7-8-15(2)14-16)18(21)19-12-13-22-17-10-5-4-6-11-17/h4-11,14H,3,12-13H2,1-2H3,(H,19,21). The number of hydrogen-bond donors (Lipinski definition) is 1. The van der Waals surface area contributed by atoms with Gasteiger partial charge in [-0.05, 0) is 43.7 Å². The van der Waals surface area contributed by atoms with Crippen LogP contribution in [0.3, 0.4) is 0 Å². The second kappa shape index (κ2) is 8.08. The average molecular weight is 298 g/mol. The number of anilines is 1. The van der Waals surface area contributed by atoms with E-state index in [0.717, 1.165) is 17.0 Å². The van der Waals surface area contributed by atoms with Gasteiger partial charge in [0.25, 0.3) is 0 Å². The van der Waals surface area contributed by atoms with E-state index in [2.05, 4.69) is 5.32 Å². The molecule has 0 heterocycles. The number of ether oxygens (including phenoxy) is 1. The van der Waals surface area contributed by atoms with Gasteiger partial charge in [0.1, 0.15) is 12.4 Å². The Balaban J connectivity index is 1.82. The molecule has 0 aromatic heterocycles. The second-order valence-corrected chi connectivity index (χ2v) is 4.98. The molecule has 0 spiro atoms. The van der Waals surface area contributed by atoms with E-state index in [4.69, 9.17) is 4.74 Å². The molecule has 0 aliphatic heterocycles. The molecular weight excluding hydrogens is 276 g/mol. The third kappa shape index (κ3) is 4.52. The fourth-order valence-corrected chi connectivity index (χ4v) is 2.18. The van der Waals surface area contributed by atoms with Crippen LogP contribution in [0.4, 0.5) is 10.5 Å². The highest BCUT2D eigenvalue weighted by atomic mass is 16.5. The zero-order chi connectivity index (χ0) is 15.8. The largest absolute Gasteiger partial charge is 0.492 e. The van der Waals surface area contributed by atoms with E-state index in [-0.39, 0.29) is 6.03 Å². The monoisotopic (exact) mass is 298 g/mol. The maximum atomic E-state index is 12.3. The van der Waals surface area contributed by atoms with Crippen molar-refractivity contribution in [1.82, 2.24) is 5.32 Å². The van der Waals surface area contributed by atoms with Crippen molar-refractivity contribution in [3.8, 4) is 5.75 Å². The van der Waals surface area contributed by atoms with Crippen LogP contribution in [0.5, 0.6) is 5.75 Å². The summed E-state index contributed by atoms with van der Waals surface area (Å²) < 4.78 is 5.56. The fourth-order valence-electron chi connectivity index (χ4n) is 2.18. The minimum absolute atomic E-state index is 0.107. The van der Waals surface area contributed by atoms with Crippen LogP contribution in [-0.2, 0) is 0 Å². The highest BCUT2D eigenvalue weighted by Crippen LogP contribution is 2.15. The number of nitrogens with zero attached hydrogens (tertiary/aromatic N) is 1. The highest BCUT2D eigenvalue weighted by Gasteiger charge is 2.13. The summed E-state index contributed by atoms with van der Waals surface area (Å²) in [6, 6.07) is 17.4. The van der Waals surface area contributed by atoms with Gasteiger partial charge in [-0.2, -0.15) is 0 Å². The van der Waals surface area contributed by atoms with Crippen LogP contribution in [0.15, 0.2) is 54.6 Å². The molecular formula is C18H22N2O2. The normalized spacial score (nSPS) is 10.1. The Hall–Kier alpha value is -2.49. The molecule has 2 rings (SSSR count). The van der Waals surface area contributed by atoms with E-state index in [1.165, 1.54) is 0 Å². The minimum Gasteiger partial charge on any atom is -0.492 e. The van der Waals surface area contributed by atoms with E-state index in [1.54, 1.807) is 4.90 Å². The SMILES string of the molecule is CCN(C(=O)NCCOc1ccccc1)c1cccc(C)c1. The van der Waals surface area contributed by atoms with Gasteiger partial charge in [0.2, 0.25) is 0 Å². The first-order valence-corrected chi connectivity index (χ1v) is 7.50. The molecule has 2 aromatic carbocycles. The molecule has 0 aliphatic rings. The van der Waals surface area contributed by atoms with Crippen LogP contribution in [0.1, 0.15) is 12.5 Å². The number of hydrogen-bond acceptors (Lipinski definition) is 2. The van der Waals surface area contributed by atoms with Gasteiger partial charge in [-0.15, -0.1) is 0 Å². The summed E-state index contributed by atoms with van der Waals surface area (Å²) in [5, 5.41) is 2.88. The number of para-hydroxylation sites is 1. The molecule has 4 heteroatoms. The molecule has 4 nitrogen and oxygen atoms in total. The summed E-state index contributed by atoms with van der Waals surface area (Å²) in [4.78, 5) is 14.0. The Bertz CT molecular complexity index is 599. The summed E-state index contributed by atoms with van der Waals surface area (Å²) in [5.74, 6) is 0.808. The third-order valence-electron chi connectivity index (χ3n) is 3.26. The predicted molar refractivity (Wildman–Crippen MR) is 89.5 cm³/mol. The van der Waals surface area contributed by atoms with E-state index in [9.17, 15) is 4.79 Å². The van der Waals surface area contributed by atoms with E-state index in [0.29, 0.717) is 19.7 Å². The third-order valence-corrected chi connectivity index (χ3v) is 3.26. The van der Waals surface area contributed by atoms with Crippen molar-refractivity contribution in [2.45, 2.75) is 13.8 Å². The lowest BCUT2D eigenvalue weighted by Gasteiger charge is -2.22. The van der Waals surface area contributed by atoms with Crippen LogP contribution >= 0.6 is 0 Å². The first-order valence-electron chi connectivity index (χ1n) is 7.50. The number of rotatable bonds is 6. The summed E-state index contributed by atoms with van der Waals surface area (Å²) in [5.41, 5.74) is 2.04. The average Bonchev–Trinajstić information content (AvgIpc) is 2.53. The summed E-state index contributed by atoms with van der Waals surface area (Å²) >= 11 is 0. The minimum atomic E-state index is -0.107. The van der Waals surface area contributed by atoms with Crippen molar-refractivity contribution in [2.75, 3.05) is 24.6 Å². The molecule has 1 N–H and O–H groups in total. The summed E-state index contributed by atoms with van der Waals surface area (Å²) in [7, 11) is 0. The van der Waals surface area contributed by atoms with Gasteiger partial charge >= 0.3 is 6.03 Å². The van der Waals surface area contributed by atoms with Crippen LogP contribution in [-0.4, -0.2) is 25.7 Å². The van der Waals surface area contributed by atoms with Gasteiger partial charge in [0.05, 0.1) is 6.54 Å². The molecule has 2 aromatic rings. The number of aryl methyl sites for hydroxylation is 1. The Kier molecular flexibility index (Phi) is 5.83. The van der Waals surface area contributed by atoms with Gasteiger partial charge in [0, 0.05) is 12.2 Å². The lowest BCUT2D eigenvalue weighted by molar-refractivity contribution is 0.242. The molecule has 0 saturated heterocycles. The molecule has 0 saturated carbocycles. The number of carbonyl (C=O) groups excluding carboxylic acids is 1. The fraction of sp³-hybridized carbons (Fsp3) is 0.278. The van der Waals surface area contributed by atoms with E-state index in [1.807, 2.05) is 68.4 Å². The Labute approximate surface area is 131 Å². The number of carbonyl (C=O) groups is 1. The van der Waals surface area contributed by atoms with Crippen molar-refractivity contribution in [3.63, 3.8) is 0 Å². The van der Waals surface area contributed by atoms with E-state index >= 15 is 0 Å². The number of amides is 2. The van der Waals surface area contributed by atoms with Gasteiger partial charge in [0.15, 0.2) is 0 Å². The van der Waals surface area contributed by atoms with Crippen LogP contribution in [0.2, 0.25) is 0 Å². The van der Waals surface area contributed by atoms with Gasteiger partial charge < -0.3 is 10.1 Å². The summed E-state index contributed by atoms with van der Waals surface area (Å²) in [6.45, 7) is 5.51. The lowest BCUT2D eigenvalue weighted by atomic mass is 10.2. The maximum absolute atomic E-state index is 12.3. The van der Waals surface area contributed by atoms with Crippen LogP contribution in [0, 0.1) is 6.92 Å². The molecule has 0 aliphatic carbocycles. The van der Waals surface area contributed by atoms with Crippen molar-refractivity contribution in [3.05, 3.63) is 60.2 Å². The van der Waals surface area contributed by atoms with Crippen molar-refractivity contribution in [1.29, 1.82) is 0 Å². The van der Waals surface area contributed by atoms with Crippen molar-refractivity contribution >= 4 is 11.7 Å². The van der Waals surface area contributed by atoms with Gasteiger partial charge in [-0.25, -0.2) is 4.79 Å². The number of urea groups is 1. The molecule has 0 radical (unpaired) electrons. The van der Waals surface area contributed by atoms with Crippen molar-refractivity contribution < 1.29 is 9.53 Å². The molecule has 2 amide bonds. The molecule has 22 heavy (non-hydrogen) atoms. The zero-order valence-corrected chi connectivity index (χ0v) is 13.1. The van der Waals surface area contributed by atoms with E-state index < -0.39 is 0 Å². The molecule has 0 bridgehead atoms. The lowest BCUT2D eigenvalue weighted by Crippen LogP contribution is -2.41. The van der Waals surface area contributed by atoms with Crippen molar-refractivity contribution in [2.24, 2.45) is 0 Å². The highest BCUT2D eigenvalue weighted by molar-refractivity contribution is 5.91. The number of benzene rings is 2. The van der Waals surface area contributed by atoms with Crippen LogP contribution < -0.4 is 15.0 Å². The smallest absolute Gasteiger partial charge is 0.321 e. The second-order valence-electron chi connectivity index (χ2n) is 4.98. The van der Waals surface area contributed by atoms with Gasteiger partial charge in [-0.1, -0.05) is 30.3 Å². The molecule has 0 atom stereocenters. The number of nitrogens with one attached hydrogen (secondary N) is 1. The predicted octanol–water partition coefficient (Wildman–Crippen LogP) is 3.61. The molecule has 0 unspecified atom stereocenters.